The smallest absolute Gasteiger partial charge is 0.294 e. The van der Waals surface area contributed by atoms with Gasteiger partial charge in [-0.25, -0.2) is 13.2 Å². The average Bonchev–Trinajstić information content (AvgIpc) is 2.87. The summed E-state index contributed by atoms with van der Waals surface area (Å²) in [6.45, 7) is 4.01. The minimum Gasteiger partial charge on any atom is -0.394 e. The summed E-state index contributed by atoms with van der Waals surface area (Å²) in [5.41, 5.74) is -1.75. The molecule has 0 saturated heterocycles. The van der Waals surface area contributed by atoms with E-state index in [0.29, 0.717) is 12.1 Å². The first-order chi connectivity index (χ1) is 13.8. The highest BCUT2D eigenvalue weighted by Gasteiger charge is 2.32. The number of hydrogen-bond acceptors (Lipinski definition) is 4. The highest BCUT2D eigenvalue weighted by Crippen LogP contribution is 2.29. The van der Waals surface area contributed by atoms with Crippen LogP contribution in [0.25, 0.3) is 0 Å². The molecule has 11 heteroatoms. The number of aliphatic hydroxyl groups excluding tert-OH is 1. The van der Waals surface area contributed by atoms with Gasteiger partial charge in [0.15, 0.2) is 17.5 Å². The molecular formula is C19H19ClF3N3O4. The molecule has 0 spiro atoms. The lowest BCUT2D eigenvalue weighted by atomic mass is 10.1. The second-order valence-electron chi connectivity index (χ2n) is 7.22. The molecule has 3 N–H and O–H groups in total. The Morgan fingerprint density at radius 2 is 1.70 bits per heavy atom. The van der Waals surface area contributed by atoms with E-state index in [1.807, 2.05) is 0 Å². The van der Waals surface area contributed by atoms with Crippen molar-refractivity contribution in [2.75, 3.05) is 11.9 Å². The minimum absolute atomic E-state index is 0.193. The Hall–Kier alpha value is -2.85. The Morgan fingerprint density at radius 3 is 2.20 bits per heavy atom. The third-order valence-electron chi connectivity index (χ3n) is 4.36. The molecule has 162 valence electrons. The van der Waals surface area contributed by atoms with Gasteiger partial charge in [0.25, 0.3) is 17.6 Å². The number of amides is 2. The minimum atomic E-state index is -1.69. The number of benzene rings is 1. The maximum atomic E-state index is 13.4. The molecule has 2 aromatic rings. The van der Waals surface area contributed by atoms with Gasteiger partial charge in [-0.1, -0.05) is 11.6 Å². The number of rotatable bonds is 6. The average molecular weight is 446 g/mol. The predicted octanol–water partition coefficient (Wildman–Crippen LogP) is 2.73. The lowest BCUT2D eigenvalue weighted by molar-refractivity contribution is -0.119. The number of aromatic nitrogens is 1. The van der Waals surface area contributed by atoms with Crippen molar-refractivity contribution >= 4 is 34.9 Å². The summed E-state index contributed by atoms with van der Waals surface area (Å²) in [5.74, 6) is -7.71. The highest BCUT2D eigenvalue weighted by atomic mass is 35.5. The first-order valence-electron chi connectivity index (χ1n) is 8.59. The van der Waals surface area contributed by atoms with E-state index < -0.39 is 47.2 Å². The fourth-order valence-electron chi connectivity index (χ4n) is 2.61. The first-order valence-corrected chi connectivity index (χ1v) is 8.97. The zero-order chi connectivity index (χ0) is 23.0. The van der Waals surface area contributed by atoms with Gasteiger partial charge in [-0.3, -0.25) is 14.4 Å². The molecule has 0 unspecified atom stereocenters. The SMILES string of the molecule is Cc1c(C(=O)Nc2cc(F)c(F)c(F)c2)c(Cl)c(C(=O)C(=O)NC(C)(C)CO)n1C. The van der Waals surface area contributed by atoms with E-state index in [4.69, 9.17) is 11.6 Å². The lowest BCUT2D eigenvalue weighted by Crippen LogP contribution is -2.49. The largest absolute Gasteiger partial charge is 0.394 e. The van der Waals surface area contributed by atoms with Crippen LogP contribution in [0.4, 0.5) is 18.9 Å². The monoisotopic (exact) mass is 445 g/mol. The number of Topliss-reactive ketones (excluding diaryl/α,β-unsaturated/α-hetero) is 1. The second kappa shape index (κ2) is 8.49. The molecule has 0 aliphatic carbocycles. The van der Waals surface area contributed by atoms with Crippen molar-refractivity contribution in [3.05, 3.63) is 51.6 Å². The van der Waals surface area contributed by atoms with Gasteiger partial charge in [0.2, 0.25) is 0 Å². The molecule has 0 aliphatic rings. The third-order valence-corrected chi connectivity index (χ3v) is 4.73. The molecular weight excluding hydrogens is 427 g/mol. The van der Waals surface area contributed by atoms with Gasteiger partial charge in [0, 0.05) is 30.6 Å². The van der Waals surface area contributed by atoms with Crippen LogP contribution in [0.1, 0.15) is 40.4 Å². The van der Waals surface area contributed by atoms with E-state index in [2.05, 4.69) is 10.6 Å². The molecule has 1 aromatic carbocycles. The number of anilines is 1. The van der Waals surface area contributed by atoms with Crippen molar-refractivity contribution in [3.63, 3.8) is 0 Å². The van der Waals surface area contributed by atoms with Crippen molar-refractivity contribution < 1.29 is 32.7 Å². The number of halogens is 4. The van der Waals surface area contributed by atoms with Gasteiger partial charge < -0.3 is 20.3 Å². The Kier molecular flexibility index (Phi) is 6.63. The van der Waals surface area contributed by atoms with Crippen molar-refractivity contribution in [2.45, 2.75) is 26.3 Å². The van der Waals surface area contributed by atoms with Gasteiger partial charge in [-0.2, -0.15) is 0 Å². The highest BCUT2D eigenvalue weighted by molar-refractivity contribution is 6.48. The van der Waals surface area contributed by atoms with Gasteiger partial charge in [0.1, 0.15) is 5.69 Å². The van der Waals surface area contributed by atoms with Crippen LogP contribution >= 0.6 is 11.6 Å². The zero-order valence-corrected chi connectivity index (χ0v) is 17.2. The molecule has 0 aliphatic heterocycles. The topological polar surface area (TPSA) is 100 Å². The Balaban J connectivity index is 2.39. The number of hydrogen-bond donors (Lipinski definition) is 3. The summed E-state index contributed by atoms with van der Waals surface area (Å²) in [5, 5.41) is 13.4. The second-order valence-corrected chi connectivity index (χ2v) is 7.59. The standard InChI is InChI=1S/C19H19ClF3N3O4/c1-8-12(17(29)24-9-5-10(21)14(23)11(22)6-9)13(20)15(26(8)4)16(28)18(30)25-19(2,3)7-27/h5-6,27H,7H2,1-4H3,(H,24,29)(H,25,30). The van der Waals surface area contributed by atoms with Crippen molar-refractivity contribution in [1.29, 1.82) is 0 Å². The molecule has 1 heterocycles. The van der Waals surface area contributed by atoms with E-state index in [1.54, 1.807) is 0 Å². The first kappa shape index (κ1) is 23.4. The van der Waals surface area contributed by atoms with Gasteiger partial charge in [-0.05, 0) is 20.8 Å². The Morgan fingerprint density at radius 1 is 1.17 bits per heavy atom. The van der Waals surface area contributed by atoms with Crippen molar-refractivity contribution in [1.82, 2.24) is 9.88 Å². The van der Waals surface area contributed by atoms with Crippen LogP contribution in [-0.2, 0) is 11.8 Å². The number of nitrogens with one attached hydrogen (secondary N) is 2. The molecule has 0 fully saturated rings. The lowest BCUT2D eigenvalue weighted by Gasteiger charge is -2.22. The summed E-state index contributed by atoms with van der Waals surface area (Å²) in [7, 11) is 1.40. The molecule has 1 aromatic heterocycles. The van der Waals surface area contributed by atoms with E-state index in [9.17, 15) is 32.7 Å². The maximum absolute atomic E-state index is 13.4. The Bertz CT molecular complexity index is 1030. The van der Waals surface area contributed by atoms with E-state index in [1.165, 1.54) is 32.4 Å². The van der Waals surface area contributed by atoms with Crippen molar-refractivity contribution in [3.8, 4) is 0 Å². The molecule has 0 saturated carbocycles. The van der Waals surface area contributed by atoms with Crippen molar-refractivity contribution in [2.24, 2.45) is 7.05 Å². The number of carbonyl (C=O) groups excluding carboxylic acids is 3. The van der Waals surface area contributed by atoms with Gasteiger partial charge >= 0.3 is 0 Å². The Labute approximate surface area is 174 Å². The number of ketones is 1. The molecule has 0 atom stereocenters. The van der Waals surface area contributed by atoms with Crippen LogP contribution in [0.5, 0.6) is 0 Å². The summed E-state index contributed by atoms with van der Waals surface area (Å²) >= 11 is 6.19. The summed E-state index contributed by atoms with van der Waals surface area (Å²) in [6, 6.07) is 1.16. The van der Waals surface area contributed by atoms with Crippen LogP contribution in [0.2, 0.25) is 5.02 Å². The van der Waals surface area contributed by atoms with Crippen LogP contribution in [0, 0.1) is 24.4 Å². The summed E-state index contributed by atoms with van der Waals surface area (Å²) in [4.78, 5) is 37.4. The third kappa shape index (κ3) is 4.49. The molecule has 30 heavy (non-hydrogen) atoms. The number of nitrogens with zero attached hydrogens (tertiary/aromatic N) is 1. The normalized spacial score (nSPS) is 11.4. The molecule has 7 nitrogen and oxygen atoms in total. The quantitative estimate of drug-likeness (QED) is 0.361. The van der Waals surface area contributed by atoms with Gasteiger partial charge in [0.05, 0.1) is 22.7 Å². The predicted molar refractivity (Wildman–Crippen MR) is 103 cm³/mol. The van der Waals surface area contributed by atoms with Crippen LogP contribution < -0.4 is 10.6 Å². The maximum Gasteiger partial charge on any atom is 0.294 e. The number of carbonyl (C=O) groups is 3. The molecule has 2 amide bonds. The van der Waals surface area contributed by atoms with E-state index in [0.717, 1.165) is 0 Å². The van der Waals surface area contributed by atoms with Gasteiger partial charge in [-0.15, -0.1) is 0 Å². The molecule has 2 rings (SSSR count). The van der Waals surface area contributed by atoms with Crippen LogP contribution in [-0.4, -0.2) is 39.4 Å². The van der Waals surface area contributed by atoms with Crippen LogP contribution in [0.15, 0.2) is 12.1 Å². The zero-order valence-electron chi connectivity index (χ0n) is 16.5. The summed E-state index contributed by atoms with van der Waals surface area (Å²) < 4.78 is 41.1. The van der Waals surface area contributed by atoms with E-state index >= 15 is 0 Å². The van der Waals surface area contributed by atoms with Crippen LogP contribution in [0.3, 0.4) is 0 Å². The molecule has 0 bridgehead atoms. The van der Waals surface area contributed by atoms with E-state index in [-0.39, 0.29) is 27.7 Å². The summed E-state index contributed by atoms with van der Waals surface area (Å²) in [6.07, 6.45) is 0. The molecule has 0 radical (unpaired) electrons. The fraction of sp³-hybridized carbons (Fsp3) is 0.316. The number of aliphatic hydroxyl groups is 1. The fourth-order valence-corrected chi connectivity index (χ4v) is 3.04.